The minimum atomic E-state index is -3.43. The van der Waals surface area contributed by atoms with Crippen LogP contribution in [-0.4, -0.2) is 33.8 Å². The maximum atomic E-state index is 12.8. The van der Waals surface area contributed by atoms with Crippen molar-refractivity contribution in [2.45, 2.75) is 27.2 Å². The number of hydrogen-bond acceptors (Lipinski definition) is 5. The van der Waals surface area contributed by atoms with Crippen LogP contribution < -0.4 is 19.5 Å². The van der Waals surface area contributed by atoms with Gasteiger partial charge in [0.25, 0.3) is 5.91 Å². The summed E-state index contributed by atoms with van der Waals surface area (Å²) >= 11 is 3.41. The van der Waals surface area contributed by atoms with Crippen molar-refractivity contribution >= 4 is 43.2 Å². The molecule has 0 fully saturated rings. The molecule has 0 heterocycles. The van der Waals surface area contributed by atoms with E-state index >= 15 is 0 Å². The van der Waals surface area contributed by atoms with Crippen molar-refractivity contribution in [3.8, 4) is 11.5 Å². The molecule has 158 valence electrons. The summed E-state index contributed by atoms with van der Waals surface area (Å²) in [5, 5.41) is 2.82. The summed E-state index contributed by atoms with van der Waals surface area (Å²) in [6.45, 7) is 5.86. The molecule has 9 heteroatoms. The van der Waals surface area contributed by atoms with Crippen LogP contribution in [0.25, 0.3) is 0 Å². The lowest BCUT2D eigenvalue weighted by atomic mass is 10.1. The highest BCUT2D eigenvalue weighted by molar-refractivity contribution is 9.10. The van der Waals surface area contributed by atoms with E-state index < -0.39 is 10.0 Å². The fourth-order valence-electron chi connectivity index (χ4n) is 2.70. The lowest BCUT2D eigenvalue weighted by Crippen LogP contribution is -2.18. The van der Waals surface area contributed by atoms with Crippen LogP contribution in [0.1, 0.15) is 36.2 Å². The SMILES string of the molecule is CCCS(=O)(=O)Nc1cccc(NC(=O)c2cc(Br)c(OCC)c(OC)c2)c1C. The van der Waals surface area contributed by atoms with Gasteiger partial charge in [0.2, 0.25) is 10.0 Å². The first-order chi connectivity index (χ1) is 13.7. The zero-order chi connectivity index (χ0) is 21.6. The van der Waals surface area contributed by atoms with E-state index in [2.05, 4.69) is 26.0 Å². The molecule has 0 radical (unpaired) electrons. The summed E-state index contributed by atoms with van der Waals surface area (Å²) in [4.78, 5) is 12.8. The fourth-order valence-corrected chi connectivity index (χ4v) is 4.45. The molecule has 0 aliphatic heterocycles. The quantitative estimate of drug-likeness (QED) is 0.543. The number of hydrogen-bond donors (Lipinski definition) is 2. The Bertz CT molecular complexity index is 993. The van der Waals surface area contributed by atoms with Crippen LogP contribution in [0.15, 0.2) is 34.8 Å². The molecule has 0 saturated carbocycles. The molecule has 0 spiro atoms. The third-order valence-electron chi connectivity index (χ3n) is 4.10. The Kier molecular flexibility index (Phi) is 7.92. The van der Waals surface area contributed by atoms with E-state index in [4.69, 9.17) is 9.47 Å². The molecule has 0 aromatic heterocycles. The molecule has 0 aliphatic rings. The monoisotopic (exact) mass is 484 g/mol. The van der Waals surface area contributed by atoms with Crippen molar-refractivity contribution in [1.82, 2.24) is 0 Å². The number of halogens is 1. The van der Waals surface area contributed by atoms with Gasteiger partial charge in [-0.2, -0.15) is 0 Å². The second-order valence-electron chi connectivity index (χ2n) is 6.28. The fraction of sp³-hybridized carbons (Fsp3) is 0.350. The molecule has 2 N–H and O–H groups in total. The topological polar surface area (TPSA) is 93.7 Å². The molecule has 1 amide bonds. The number of amides is 1. The van der Waals surface area contributed by atoms with Gasteiger partial charge in [-0.25, -0.2) is 8.42 Å². The van der Waals surface area contributed by atoms with Crippen LogP contribution in [-0.2, 0) is 10.0 Å². The smallest absolute Gasteiger partial charge is 0.255 e. The molecule has 29 heavy (non-hydrogen) atoms. The summed E-state index contributed by atoms with van der Waals surface area (Å²) in [6, 6.07) is 8.29. The van der Waals surface area contributed by atoms with E-state index in [1.54, 1.807) is 44.2 Å². The van der Waals surface area contributed by atoms with E-state index in [-0.39, 0.29) is 11.7 Å². The van der Waals surface area contributed by atoms with Gasteiger partial charge in [0.05, 0.1) is 29.6 Å². The summed E-state index contributed by atoms with van der Waals surface area (Å²) in [7, 11) is -1.93. The summed E-state index contributed by atoms with van der Waals surface area (Å²) in [6.07, 6.45) is 0.513. The molecule has 0 aliphatic carbocycles. The van der Waals surface area contributed by atoms with E-state index in [1.165, 1.54) is 7.11 Å². The number of benzene rings is 2. The van der Waals surface area contributed by atoms with Crippen molar-refractivity contribution in [2.75, 3.05) is 29.5 Å². The molecular formula is C20H25BrN2O5S. The summed E-state index contributed by atoms with van der Waals surface area (Å²) < 4.78 is 38.2. The van der Waals surface area contributed by atoms with Gasteiger partial charge in [0.15, 0.2) is 11.5 Å². The number of ether oxygens (including phenoxy) is 2. The third kappa shape index (κ3) is 5.86. The number of nitrogens with one attached hydrogen (secondary N) is 2. The molecule has 0 unspecified atom stereocenters. The third-order valence-corrected chi connectivity index (χ3v) is 6.17. The van der Waals surface area contributed by atoms with E-state index in [9.17, 15) is 13.2 Å². The van der Waals surface area contributed by atoms with Crippen LogP contribution in [0.5, 0.6) is 11.5 Å². The predicted octanol–water partition coefficient (Wildman–Crippen LogP) is 4.57. The Morgan fingerprint density at radius 3 is 2.48 bits per heavy atom. The summed E-state index contributed by atoms with van der Waals surface area (Å²) in [5.74, 6) is 0.631. The van der Waals surface area contributed by atoms with Gasteiger partial charge in [0, 0.05) is 11.3 Å². The first-order valence-corrected chi connectivity index (χ1v) is 11.6. The van der Waals surface area contributed by atoms with Crippen molar-refractivity contribution in [3.05, 3.63) is 45.9 Å². The minimum Gasteiger partial charge on any atom is -0.493 e. The van der Waals surface area contributed by atoms with Crippen LogP contribution in [0.3, 0.4) is 0 Å². The van der Waals surface area contributed by atoms with Gasteiger partial charge < -0.3 is 14.8 Å². The predicted molar refractivity (Wildman–Crippen MR) is 119 cm³/mol. The largest absolute Gasteiger partial charge is 0.493 e. The number of carbonyl (C=O) groups is 1. The molecule has 7 nitrogen and oxygen atoms in total. The minimum absolute atomic E-state index is 0.0308. The van der Waals surface area contributed by atoms with Crippen LogP contribution in [0.4, 0.5) is 11.4 Å². The Hall–Kier alpha value is -2.26. The highest BCUT2D eigenvalue weighted by Gasteiger charge is 2.17. The van der Waals surface area contributed by atoms with Gasteiger partial charge >= 0.3 is 0 Å². The maximum Gasteiger partial charge on any atom is 0.255 e. The highest BCUT2D eigenvalue weighted by Crippen LogP contribution is 2.37. The average Bonchev–Trinajstić information content (AvgIpc) is 2.66. The normalized spacial score (nSPS) is 11.1. The Morgan fingerprint density at radius 2 is 1.86 bits per heavy atom. The van der Waals surface area contributed by atoms with Gasteiger partial charge in [-0.1, -0.05) is 13.0 Å². The zero-order valence-electron chi connectivity index (χ0n) is 16.8. The average molecular weight is 485 g/mol. The Balaban J connectivity index is 2.30. The molecule has 0 atom stereocenters. The second kappa shape index (κ2) is 9.98. The Morgan fingerprint density at radius 1 is 1.17 bits per heavy atom. The molecule has 0 bridgehead atoms. The van der Waals surface area contributed by atoms with Gasteiger partial charge in [-0.3, -0.25) is 9.52 Å². The number of rotatable bonds is 9. The first-order valence-electron chi connectivity index (χ1n) is 9.14. The van der Waals surface area contributed by atoms with E-state index in [1.807, 2.05) is 6.92 Å². The molecular weight excluding hydrogens is 460 g/mol. The van der Waals surface area contributed by atoms with Crippen molar-refractivity contribution in [3.63, 3.8) is 0 Å². The first kappa shape index (κ1) is 23.0. The highest BCUT2D eigenvalue weighted by atomic mass is 79.9. The van der Waals surface area contributed by atoms with Gasteiger partial charge in [-0.05, 0) is 66.0 Å². The van der Waals surface area contributed by atoms with Gasteiger partial charge in [-0.15, -0.1) is 0 Å². The molecule has 0 saturated heterocycles. The number of methoxy groups -OCH3 is 1. The van der Waals surface area contributed by atoms with Crippen LogP contribution in [0.2, 0.25) is 0 Å². The molecule has 2 rings (SSSR count). The number of anilines is 2. The summed E-state index contributed by atoms with van der Waals surface area (Å²) in [5.41, 5.74) is 1.93. The zero-order valence-corrected chi connectivity index (χ0v) is 19.2. The van der Waals surface area contributed by atoms with Crippen LogP contribution >= 0.6 is 15.9 Å². The standard InChI is InChI=1S/C20H25BrN2O5S/c1-5-10-29(25,26)23-17-9-7-8-16(13(17)3)22-20(24)14-11-15(21)19(28-6-2)18(12-14)27-4/h7-9,11-12,23H,5-6,10H2,1-4H3,(H,22,24). The van der Waals surface area contributed by atoms with Crippen LogP contribution in [0, 0.1) is 6.92 Å². The molecule has 2 aromatic rings. The van der Waals surface area contributed by atoms with E-state index in [0.29, 0.717) is 51.5 Å². The van der Waals surface area contributed by atoms with Gasteiger partial charge in [0.1, 0.15) is 0 Å². The maximum absolute atomic E-state index is 12.8. The lowest BCUT2D eigenvalue weighted by molar-refractivity contribution is 0.102. The second-order valence-corrected chi connectivity index (χ2v) is 8.97. The Labute approximate surface area is 180 Å². The van der Waals surface area contributed by atoms with Crippen molar-refractivity contribution in [1.29, 1.82) is 0 Å². The van der Waals surface area contributed by atoms with Crippen molar-refractivity contribution < 1.29 is 22.7 Å². The number of sulfonamides is 1. The van der Waals surface area contributed by atoms with Crippen molar-refractivity contribution in [2.24, 2.45) is 0 Å². The lowest BCUT2D eigenvalue weighted by Gasteiger charge is -2.16. The molecule has 2 aromatic carbocycles. The van der Waals surface area contributed by atoms with E-state index in [0.717, 1.165) is 0 Å². The number of carbonyl (C=O) groups excluding carboxylic acids is 1.